The van der Waals surface area contributed by atoms with Crippen LogP contribution in [0.4, 0.5) is 5.95 Å². The fourth-order valence-electron chi connectivity index (χ4n) is 4.84. The van der Waals surface area contributed by atoms with E-state index in [4.69, 9.17) is 4.98 Å². The Morgan fingerprint density at radius 2 is 1.81 bits per heavy atom. The standard InChI is InChI=1S/C22H30N6O2S/c1-21(2)13-16(14-22(3,4)27-21)25-20-24-11-9-18(26-20)28-12-10-15-7-6-8-17(19(15)28)31(29,30)23-5/h6-12,16,23,27H,13-14H2,1-5H3,(H,24,25,26). The van der Waals surface area contributed by atoms with Gasteiger partial charge in [0.15, 0.2) is 0 Å². The van der Waals surface area contributed by atoms with Crippen molar-refractivity contribution in [3.05, 3.63) is 42.7 Å². The quantitative estimate of drug-likeness (QED) is 0.561. The summed E-state index contributed by atoms with van der Waals surface area (Å²) in [5.41, 5.74) is 0.597. The molecule has 3 heterocycles. The van der Waals surface area contributed by atoms with Crippen LogP contribution in [0.5, 0.6) is 0 Å². The predicted molar refractivity (Wildman–Crippen MR) is 123 cm³/mol. The number of nitrogens with one attached hydrogen (secondary N) is 3. The van der Waals surface area contributed by atoms with Gasteiger partial charge >= 0.3 is 0 Å². The van der Waals surface area contributed by atoms with Gasteiger partial charge in [0.2, 0.25) is 16.0 Å². The number of hydrogen-bond acceptors (Lipinski definition) is 6. The van der Waals surface area contributed by atoms with Crippen molar-refractivity contribution >= 4 is 26.9 Å². The largest absolute Gasteiger partial charge is 0.351 e. The maximum Gasteiger partial charge on any atom is 0.242 e. The number of hydrogen-bond donors (Lipinski definition) is 3. The Labute approximate surface area is 183 Å². The summed E-state index contributed by atoms with van der Waals surface area (Å²) in [6.07, 6.45) is 5.42. The molecule has 0 aliphatic carbocycles. The van der Waals surface area contributed by atoms with Crippen molar-refractivity contribution in [3.63, 3.8) is 0 Å². The van der Waals surface area contributed by atoms with E-state index in [1.165, 1.54) is 7.05 Å². The molecule has 3 N–H and O–H groups in total. The van der Waals surface area contributed by atoms with E-state index in [9.17, 15) is 8.42 Å². The van der Waals surface area contributed by atoms with E-state index in [1.807, 2.05) is 18.3 Å². The van der Waals surface area contributed by atoms with Gasteiger partial charge in [-0.05, 0) is 65.8 Å². The predicted octanol–water partition coefficient (Wildman–Crippen LogP) is 3.05. The molecule has 1 fully saturated rings. The molecular weight excluding hydrogens is 412 g/mol. The lowest BCUT2D eigenvalue weighted by Crippen LogP contribution is -2.60. The van der Waals surface area contributed by atoms with Crippen LogP contribution in [0.2, 0.25) is 0 Å². The van der Waals surface area contributed by atoms with E-state index < -0.39 is 10.0 Å². The van der Waals surface area contributed by atoms with Crippen LogP contribution in [0.3, 0.4) is 0 Å². The van der Waals surface area contributed by atoms with E-state index in [0.717, 1.165) is 18.2 Å². The molecule has 0 amide bonds. The summed E-state index contributed by atoms with van der Waals surface area (Å²) in [5.74, 6) is 1.14. The van der Waals surface area contributed by atoms with Gasteiger partial charge in [0.05, 0.1) is 5.52 Å². The van der Waals surface area contributed by atoms with Gasteiger partial charge in [-0.15, -0.1) is 0 Å². The van der Waals surface area contributed by atoms with Crippen LogP contribution in [0.1, 0.15) is 40.5 Å². The van der Waals surface area contributed by atoms with Crippen LogP contribution in [-0.2, 0) is 10.0 Å². The minimum absolute atomic E-state index is 0.00404. The second-order valence-electron chi connectivity index (χ2n) is 9.47. The molecule has 2 aromatic heterocycles. The molecule has 0 radical (unpaired) electrons. The van der Waals surface area contributed by atoms with E-state index >= 15 is 0 Å². The van der Waals surface area contributed by atoms with Crippen LogP contribution < -0.4 is 15.4 Å². The summed E-state index contributed by atoms with van der Waals surface area (Å²) < 4.78 is 29.3. The lowest BCUT2D eigenvalue weighted by atomic mass is 9.80. The summed E-state index contributed by atoms with van der Waals surface area (Å²) >= 11 is 0. The molecule has 9 heteroatoms. The maximum atomic E-state index is 12.6. The van der Waals surface area contributed by atoms with Gasteiger partial charge in [-0.25, -0.2) is 18.1 Å². The molecule has 1 aromatic carbocycles. The summed E-state index contributed by atoms with van der Waals surface area (Å²) in [6.45, 7) is 8.82. The molecule has 0 unspecified atom stereocenters. The fraction of sp³-hybridized carbons (Fsp3) is 0.455. The van der Waals surface area contributed by atoms with Crippen molar-refractivity contribution in [1.82, 2.24) is 24.6 Å². The number of nitrogens with zero attached hydrogens (tertiary/aromatic N) is 3. The number of para-hydroxylation sites is 1. The summed E-state index contributed by atoms with van der Waals surface area (Å²) in [5, 5.41) is 8.00. The first-order chi connectivity index (χ1) is 14.5. The van der Waals surface area contributed by atoms with Crippen molar-refractivity contribution in [2.45, 2.75) is 62.6 Å². The van der Waals surface area contributed by atoms with E-state index in [2.05, 4.69) is 48.0 Å². The summed E-state index contributed by atoms with van der Waals surface area (Å²) in [7, 11) is -2.21. The number of aromatic nitrogens is 3. The average Bonchev–Trinajstić information content (AvgIpc) is 3.09. The lowest BCUT2D eigenvalue weighted by Gasteiger charge is -2.46. The molecule has 1 saturated heterocycles. The van der Waals surface area contributed by atoms with Crippen molar-refractivity contribution in [2.24, 2.45) is 0 Å². The van der Waals surface area contributed by atoms with Crippen molar-refractivity contribution < 1.29 is 8.42 Å². The molecule has 4 rings (SSSR count). The molecule has 0 atom stereocenters. The topological polar surface area (TPSA) is 101 Å². The molecule has 0 spiro atoms. The Bertz CT molecular complexity index is 1200. The van der Waals surface area contributed by atoms with Gasteiger partial charge in [-0.3, -0.25) is 4.57 Å². The van der Waals surface area contributed by atoms with Gasteiger partial charge in [0.1, 0.15) is 10.7 Å². The Morgan fingerprint density at radius 3 is 2.48 bits per heavy atom. The second kappa shape index (κ2) is 7.58. The third-order valence-corrected chi connectivity index (χ3v) is 7.09. The molecule has 3 aromatic rings. The van der Waals surface area contributed by atoms with Crippen LogP contribution in [0.25, 0.3) is 16.7 Å². The molecular formula is C22H30N6O2S. The highest BCUT2D eigenvalue weighted by Crippen LogP contribution is 2.30. The van der Waals surface area contributed by atoms with Gasteiger partial charge < -0.3 is 10.6 Å². The van der Waals surface area contributed by atoms with Gasteiger partial charge in [0, 0.05) is 34.9 Å². The van der Waals surface area contributed by atoms with Gasteiger partial charge in [-0.2, -0.15) is 4.98 Å². The summed E-state index contributed by atoms with van der Waals surface area (Å²) in [4.78, 5) is 9.34. The van der Waals surface area contributed by atoms with Crippen molar-refractivity contribution in [1.29, 1.82) is 0 Å². The first-order valence-electron chi connectivity index (χ1n) is 10.4. The molecule has 8 nitrogen and oxygen atoms in total. The molecule has 31 heavy (non-hydrogen) atoms. The van der Waals surface area contributed by atoms with E-state index in [0.29, 0.717) is 17.3 Å². The third-order valence-electron chi connectivity index (χ3n) is 5.64. The zero-order valence-electron chi connectivity index (χ0n) is 18.6. The van der Waals surface area contributed by atoms with Gasteiger partial charge in [-0.1, -0.05) is 12.1 Å². The van der Waals surface area contributed by atoms with Gasteiger partial charge in [0.25, 0.3) is 0 Å². The number of anilines is 1. The molecule has 0 bridgehead atoms. The van der Waals surface area contributed by atoms with Crippen LogP contribution in [0.15, 0.2) is 47.6 Å². The molecule has 1 aliphatic rings. The first-order valence-corrected chi connectivity index (χ1v) is 11.9. The number of fused-ring (bicyclic) bond motifs is 1. The van der Waals surface area contributed by atoms with Crippen molar-refractivity contribution in [2.75, 3.05) is 12.4 Å². The number of sulfonamides is 1. The average molecular weight is 443 g/mol. The molecule has 166 valence electrons. The Morgan fingerprint density at radius 1 is 1.10 bits per heavy atom. The highest BCUT2D eigenvalue weighted by atomic mass is 32.2. The molecule has 0 saturated carbocycles. The number of piperidine rings is 1. The Hall–Kier alpha value is -2.49. The minimum Gasteiger partial charge on any atom is -0.351 e. The first kappa shape index (κ1) is 21.7. The lowest BCUT2D eigenvalue weighted by molar-refractivity contribution is 0.170. The van der Waals surface area contributed by atoms with Crippen LogP contribution >= 0.6 is 0 Å². The third kappa shape index (κ3) is 4.44. The van der Waals surface area contributed by atoms with Crippen LogP contribution in [0, 0.1) is 0 Å². The smallest absolute Gasteiger partial charge is 0.242 e. The minimum atomic E-state index is -3.62. The van der Waals surface area contributed by atoms with Crippen LogP contribution in [-0.4, -0.2) is 47.1 Å². The summed E-state index contributed by atoms with van der Waals surface area (Å²) in [6, 6.07) is 9.12. The Kier molecular flexibility index (Phi) is 5.31. The van der Waals surface area contributed by atoms with Crippen molar-refractivity contribution in [3.8, 4) is 5.82 Å². The number of benzene rings is 1. The second-order valence-corrected chi connectivity index (χ2v) is 11.3. The maximum absolute atomic E-state index is 12.6. The highest BCUT2D eigenvalue weighted by molar-refractivity contribution is 7.89. The molecule has 1 aliphatic heterocycles. The van der Waals surface area contributed by atoms with E-state index in [1.54, 1.807) is 29.0 Å². The monoisotopic (exact) mass is 442 g/mol. The van der Waals surface area contributed by atoms with E-state index in [-0.39, 0.29) is 22.0 Å². The SMILES string of the molecule is CNS(=O)(=O)c1cccc2ccn(-c3ccnc(NC4CC(C)(C)NC(C)(C)C4)n3)c12. The normalized spacial score (nSPS) is 18.9. The number of rotatable bonds is 5. The zero-order valence-corrected chi connectivity index (χ0v) is 19.4. The Balaban J connectivity index is 1.71. The highest BCUT2D eigenvalue weighted by Gasteiger charge is 2.37. The zero-order chi connectivity index (χ0) is 22.4. The fourth-order valence-corrected chi connectivity index (χ4v) is 5.79.